The van der Waals surface area contributed by atoms with Crippen LogP contribution in [0.2, 0.25) is 0 Å². The molecule has 2 N–H and O–H groups in total. The molecule has 3 heterocycles. The molecule has 2 atom stereocenters. The molecule has 1 saturated carbocycles. The number of nitrogens with zero attached hydrogens (tertiary/aromatic N) is 1. The van der Waals surface area contributed by atoms with E-state index in [4.69, 9.17) is 5.73 Å². The van der Waals surface area contributed by atoms with Gasteiger partial charge in [0.05, 0.1) is 0 Å². The molecule has 4 aliphatic rings. The molecule has 2 nitrogen and oxygen atoms in total. The molecule has 0 aromatic heterocycles. The van der Waals surface area contributed by atoms with Crippen LogP contribution in [0.1, 0.15) is 12.8 Å². The minimum atomic E-state index is 0.551. The van der Waals surface area contributed by atoms with E-state index in [1.54, 1.807) is 0 Å². The van der Waals surface area contributed by atoms with Crippen molar-refractivity contribution in [1.82, 2.24) is 4.90 Å². The Morgan fingerprint density at radius 2 is 1.70 bits per heavy atom. The highest BCUT2D eigenvalue weighted by Crippen LogP contribution is 2.44. The van der Waals surface area contributed by atoms with E-state index < -0.39 is 0 Å². The number of hydrogen-bond acceptors (Lipinski definition) is 2. The number of hydrogen-bond donors (Lipinski definition) is 1. The van der Waals surface area contributed by atoms with Crippen molar-refractivity contribution >= 4 is 0 Å². The standard InChI is InChI=1S/C8H14N2/c9-8-5-1-7-2-6(8)4-10(7)3-5/h5-8H,1-4,9H2/t5-,6-,7?,8?/m1/s1. The Morgan fingerprint density at radius 3 is 2.20 bits per heavy atom. The summed E-state index contributed by atoms with van der Waals surface area (Å²) in [6.45, 7) is 2.62. The summed E-state index contributed by atoms with van der Waals surface area (Å²) in [6, 6.07) is 1.49. The normalized spacial score (nSPS) is 63.9. The van der Waals surface area contributed by atoms with E-state index in [9.17, 15) is 0 Å². The van der Waals surface area contributed by atoms with Crippen LogP contribution in [0.15, 0.2) is 0 Å². The van der Waals surface area contributed by atoms with Crippen LogP contribution in [0, 0.1) is 11.8 Å². The molecule has 0 aromatic carbocycles. The zero-order chi connectivity index (χ0) is 6.72. The van der Waals surface area contributed by atoms with Crippen molar-refractivity contribution in [3.63, 3.8) is 0 Å². The van der Waals surface area contributed by atoms with Crippen LogP contribution < -0.4 is 5.73 Å². The summed E-state index contributed by atoms with van der Waals surface area (Å²) in [7, 11) is 0. The highest BCUT2D eigenvalue weighted by atomic mass is 15.2. The third kappa shape index (κ3) is 0.487. The van der Waals surface area contributed by atoms with E-state index >= 15 is 0 Å². The SMILES string of the molecule is NC1[C@@H]2CC3C[C@@H]1CN3C2. The van der Waals surface area contributed by atoms with Gasteiger partial charge in [0.15, 0.2) is 0 Å². The van der Waals surface area contributed by atoms with Crippen LogP contribution in [0.25, 0.3) is 0 Å². The zero-order valence-electron chi connectivity index (χ0n) is 6.16. The molecule has 0 aromatic rings. The predicted molar refractivity (Wildman–Crippen MR) is 39.6 cm³/mol. The van der Waals surface area contributed by atoms with E-state index in [0.717, 1.165) is 17.9 Å². The van der Waals surface area contributed by atoms with E-state index in [2.05, 4.69) is 4.90 Å². The van der Waals surface area contributed by atoms with Gasteiger partial charge in [-0.25, -0.2) is 0 Å². The molecule has 10 heavy (non-hydrogen) atoms. The van der Waals surface area contributed by atoms with E-state index in [1.807, 2.05) is 0 Å². The first kappa shape index (κ1) is 5.56. The average Bonchev–Trinajstić information content (AvgIpc) is 2.33. The van der Waals surface area contributed by atoms with Crippen molar-refractivity contribution in [2.45, 2.75) is 24.9 Å². The number of nitrogens with two attached hydrogens (primary N) is 1. The smallest absolute Gasteiger partial charge is 0.0121 e. The van der Waals surface area contributed by atoms with Crippen molar-refractivity contribution in [2.75, 3.05) is 13.1 Å². The summed E-state index contributed by atoms with van der Waals surface area (Å²) in [5, 5.41) is 0. The van der Waals surface area contributed by atoms with Crippen LogP contribution in [-0.4, -0.2) is 30.1 Å². The summed E-state index contributed by atoms with van der Waals surface area (Å²) in [5.41, 5.74) is 6.07. The van der Waals surface area contributed by atoms with Gasteiger partial charge in [0, 0.05) is 25.2 Å². The highest BCUT2D eigenvalue weighted by Gasteiger charge is 2.50. The van der Waals surface area contributed by atoms with Gasteiger partial charge in [-0.2, -0.15) is 0 Å². The summed E-state index contributed by atoms with van der Waals surface area (Å²) in [5.74, 6) is 1.72. The second-order valence-corrected chi connectivity index (χ2v) is 4.18. The molecule has 0 unspecified atom stereocenters. The molecule has 0 radical (unpaired) electrons. The lowest BCUT2D eigenvalue weighted by atomic mass is 9.79. The number of rotatable bonds is 0. The van der Waals surface area contributed by atoms with Gasteiger partial charge in [-0.05, 0) is 24.7 Å². The highest BCUT2D eigenvalue weighted by molar-refractivity contribution is 5.06. The van der Waals surface area contributed by atoms with Crippen LogP contribution in [0.5, 0.6) is 0 Å². The lowest BCUT2D eigenvalue weighted by Gasteiger charge is -2.31. The Balaban J connectivity index is 1.98. The minimum absolute atomic E-state index is 0.551. The lowest BCUT2D eigenvalue weighted by molar-refractivity contribution is 0.224. The molecule has 4 fully saturated rings. The van der Waals surface area contributed by atoms with E-state index in [1.165, 1.54) is 25.9 Å². The minimum Gasteiger partial charge on any atom is -0.327 e. The van der Waals surface area contributed by atoms with Crippen molar-refractivity contribution in [2.24, 2.45) is 17.6 Å². The molecule has 0 spiro atoms. The molecule has 3 saturated heterocycles. The third-order valence-corrected chi connectivity index (χ3v) is 3.69. The first-order valence-electron chi connectivity index (χ1n) is 4.34. The van der Waals surface area contributed by atoms with E-state index in [0.29, 0.717) is 6.04 Å². The van der Waals surface area contributed by atoms with Crippen molar-refractivity contribution in [1.29, 1.82) is 0 Å². The van der Waals surface area contributed by atoms with Crippen LogP contribution in [0.3, 0.4) is 0 Å². The molecule has 2 heteroatoms. The molecular formula is C8H14N2. The van der Waals surface area contributed by atoms with Gasteiger partial charge in [0.25, 0.3) is 0 Å². The molecule has 4 bridgehead atoms. The third-order valence-electron chi connectivity index (χ3n) is 3.69. The summed E-state index contributed by atoms with van der Waals surface area (Å²) in [6.07, 6.45) is 2.80. The maximum absolute atomic E-state index is 6.07. The molecule has 0 amide bonds. The lowest BCUT2D eigenvalue weighted by Crippen LogP contribution is -2.45. The van der Waals surface area contributed by atoms with Crippen LogP contribution in [-0.2, 0) is 0 Å². The van der Waals surface area contributed by atoms with Gasteiger partial charge in [0.2, 0.25) is 0 Å². The Kier molecular flexibility index (Phi) is 0.868. The monoisotopic (exact) mass is 138 g/mol. The average molecular weight is 138 g/mol. The van der Waals surface area contributed by atoms with Crippen LogP contribution in [0.4, 0.5) is 0 Å². The predicted octanol–water partition coefficient (Wildman–Crippen LogP) is 0.0377. The fourth-order valence-electron chi connectivity index (χ4n) is 3.16. The molecule has 4 rings (SSSR count). The van der Waals surface area contributed by atoms with Gasteiger partial charge >= 0.3 is 0 Å². The van der Waals surface area contributed by atoms with Gasteiger partial charge in [-0.1, -0.05) is 0 Å². The fraction of sp³-hybridized carbons (Fsp3) is 1.00. The maximum atomic E-state index is 6.07. The topological polar surface area (TPSA) is 29.3 Å². The number of piperidine rings is 1. The summed E-state index contributed by atoms with van der Waals surface area (Å²) in [4.78, 5) is 2.64. The second-order valence-electron chi connectivity index (χ2n) is 4.18. The Bertz CT molecular complexity index is 139. The van der Waals surface area contributed by atoms with Gasteiger partial charge < -0.3 is 5.73 Å². The Labute approximate surface area is 61.4 Å². The molecule has 3 aliphatic heterocycles. The molecular weight excluding hydrogens is 124 g/mol. The van der Waals surface area contributed by atoms with E-state index in [-0.39, 0.29) is 0 Å². The summed E-state index contributed by atoms with van der Waals surface area (Å²) >= 11 is 0. The first-order chi connectivity index (χ1) is 4.84. The van der Waals surface area contributed by atoms with Gasteiger partial charge in [-0.3, -0.25) is 4.90 Å². The van der Waals surface area contributed by atoms with Crippen LogP contribution >= 0.6 is 0 Å². The van der Waals surface area contributed by atoms with Crippen molar-refractivity contribution < 1.29 is 0 Å². The quantitative estimate of drug-likeness (QED) is 0.512. The zero-order valence-corrected chi connectivity index (χ0v) is 6.16. The summed E-state index contributed by atoms with van der Waals surface area (Å²) < 4.78 is 0. The van der Waals surface area contributed by atoms with Crippen molar-refractivity contribution in [3.05, 3.63) is 0 Å². The van der Waals surface area contributed by atoms with Gasteiger partial charge in [-0.15, -0.1) is 0 Å². The van der Waals surface area contributed by atoms with Gasteiger partial charge in [0.1, 0.15) is 0 Å². The Hall–Kier alpha value is -0.0800. The Morgan fingerprint density at radius 1 is 1.10 bits per heavy atom. The fourth-order valence-corrected chi connectivity index (χ4v) is 3.16. The first-order valence-corrected chi connectivity index (χ1v) is 4.34. The molecule has 56 valence electrons. The maximum Gasteiger partial charge on any atom is 0.0121 e. The molecule has 1 aliphatic carbocycles. The second kappa shape index (κ2) is 1.56. The van der Waals surface area contributed by atoms with Crippen molar-refractivity contribution in [3.8, 4) is 0 Å². The largest absolute Gasteiger partial charge is 0.327 e.